The predicted molar refractivity (Wildman–Crippen MR) is 94.1 cm³/mol. The lowest BCUT2D eigenvalue weighted by molar-refractivity contribution is -0.142. The van der Waals surface area contributed by atoms with Crippen molar-refractivity contribution in [3.63, 3.8) is 0 Å². The van der Waals surface area contributed by atoms with E-state index in [0.29, 0.717) is 19.4 Å². The highest BCUT2D eigenvalue weighted by atomic mass is 16.4. The normalized spacial score (nSPS) is 14.3. The van der Waals surface area contributed by atoms with E-state index in [1.165, 1.54) is 0 Å². The maximum Gasteiger partial charge on any atom is 0.326 e. The average molecular weight is 374 g/mol. The van der Waals surface area contributed by atoms with E-state index < -0.39 is 41.9 Å². The predicted octanol–water partition coefficient (Wildman–Crippen LogP) is -0.982. The number of rotatable bonds is 13. The van der Waals surface area contributed by atoms with E-state index in [2.05, 4.69) is 10.6 Å². The number of hydrogen-bond acceptors (Lipinski definition) is 6. The number of amides is 2. The maximum atomic E-state index is 12.4. The van der Waals surface area contributed by atoms with Crippen molar-refractivity contribution in [3.8, 4) is 0 Å². The Balaban J connectivity index is 4.84. The van der Waals surface area contributed by atoms with E-state index in [-0.39, 0.29) is 25.2 Å². The van der Waals surface area contributed by atoms with Gasteiger partial charge in [0.15, 0.2) is 0 Å². The fraction of sp³-hybridized carbons (Fsp3) is 0.750. The van der Waals surface area contributed by atoms with Gasteiger partial charge in [0.1, 0.15) is 12.1 Å². The Kier molecular flexibility index (Phi) is 11.2. The van der Waals surface area contributed by atoms with Crippen molar-refractivity contribution < 1.29 is 29.4 Å². The number of nitrogens with one attached hydrogen (secondary N) is 2. The second kappa shape index (κ2) is 12.2. The van der Waals surface area contributed by atoms with E-state index in [1.807, 2.05) is 0 Å². The van der Waals surface area contributed by atoms with Gasteiger partial charge in [-0.2, -0.15) is 0 Å². The maximum absolute atomic E-state index is 12.4. The zero-order chi connectivity index (χ0) is 20.3. The van der Waals surface area contributed by atoms with Gasteiger partial charge in [-0.3, -0.25) is 14.4 Å². The van der Waals surface area contributed by atoms with Gasteiger partial charge in [-0.15, -0.1) is 0 Å². The van der Waals surface area contributed by atoms with Crippen molar-refractivity contribution in [3.05, 3.63) is 0 Å². The molecular formula is C16H30N4O6. The van der Waals surface area contributed by atoms with Crippen molar-refractivity contribution in [2.24, 2.45) is 17.4 Å². The van der Waals surface area contributed by atoms with Crippen LogP contribution in [-0.2, 0) is 19.2 Å². The molecule has 0 aliphatic heterocycles. The third-order valence-electron chi connectivity index (χ3n) is 3.81. The minimum atomic E-state index is -1.16. The topological polar surface area (TPSA) is 185 Å². The molecule has 10 nitrogen and oxygen atoms in total. The van der Waals surface area contributed by atoms with Crippen LogP contribution in [0.3, 0.4) is 0 Å². The fourth-order valence-electron chi connectivity index (χ4n) is 2.22. The van der Waals surface area contributed by atoms with Gasteiger partial charge < -0.3 is 32.3 Å². The van der Waals surface area contributed by atoms with E-state index >= 15 is 0 Å². The Morgan fingerprint density at radius 1 is 0.962 bits per heavy atom. The van der Waals surface area contributed by atoms with Gasteiger partial charge >= 0.3 is 11.9 Å². The molecule has 150 valence electrons. The van der Waals surface area contributed by atoms with Crippen LogP contribution in [-0.4, -0.2) is 58.6 Å². The number of aliphatic carboxylic acids is 2. The zero-order valence-corrected chi connectivity index (χ0v) is 15.2. The third kappa shape index (κ3) is 9.33. The molecule has 0 aromatic rings. The lowest BCUT2D eigenvalue weighted by Gasteiger charge is -2.25. The molecule has 10 heteroatoms. The molecule has 0 radical (unpaired) electrons. The first-order valence-electron chi connectivity index (χ1n) is 8.61. The quantitative estimate of drug-likeness (QED) is 0.222. The number of carboxylic acid groups (broad SMARTS) is 2. The minimum absolute atomic E-state index is 0.0650. The first kappa shape index (κ1) is 23.8. The summed E-state index contributed by atoms with van der Waals surface area (Å²) in [6, 6.07) is -3.12. The zero-order valence-electron chi connectivity index (χ0n) is 15.2. The summed E-state index contributed by atoms with van der Waals surface area (Å²) >= 11 is 0. The minimum Gasteiger partial charge on any atom is -0.481 e. The van der Waals surface area contributed by atoms with Crippen molar-refractivity contribution >= 4 is 23.8 Å². The van der Waals surface area contributed by atoms with Gasteiger partial charge in [-0.25, -0.2) is 4.79 Å². The molecule has 0 aliphatic rings. The van der Waals surface area contributed by atoms with Crippen LogP contribution in [0.2, 0.25) is 0 Å². The molecule has 0 unspecified atom stereocenters. The van der Waals surface area contributed by atoms with Crippen molar-refractivity contribution in [1.29, 1.82) is 0 Å². The average Bonchev–Trinajstić information content (AvgIpc) is 2.55. The highest BCUT2D eigenvalue weighted by Crippen LogP contribution is 2.07. The molecule has 8 N–H and O–H groups in total. The van der Waals surface area contributed by atoms with Gasteiger partial charge in [0.2, 0.25) is 11.8 Å². The molecule has 2 amide bonds. The van der Waals surface area contributed by atoms with Gasteiger partial charge in [0.25, 0.3) is 0 Å². The van der Waals surface area contributed by atoms with Crippen LogP contribution in [0.4, 0.5) is 0 Å². The number of carboxylic acids is 2. The summed E-state index contributed by atoms with van der Waals surface area (Å²) < 4.78 is 0. The van der Waals surface area contributed by atoms with Crippen LogP contribution in [0.1, 0.15) is 46.0 Å². The third-order valence-corrected chi connectivity index (χ3v) is 3.81. The monoisotopic (exact) mass is 374 g/mol. The lowest BCUT2D eigenvalue weighted by atomic mass is 10.0. The summed E-state index contributed by atoms with van der Waals surface area (Å²) in [5, 5.41) is 22.7. The molecule has 0 aromatic heterocycles. The summed E-state index contributed by atoms with van der Waals surface area (Å²) in [6.45, 7) is 3.81. The van der Waals surface area contributed by atoms with Crippen LogP contribution in [0, 0.1) is 5.92 Å². The Morgan fingerprint density at radius 3 is 2.04 bits per heavy atom. The SMILES string of the molecule is CC(C)[C@H](NC(=O)[C@@H](N)CCC(=O)O)C(=O)N[C@@H](CCCCN)C(=O)O. The molecule has 0 aliphatic carbocycles. The van der Waals surface area contributed by atoms with Crippen LogP contribution in [0.15, 0.2) is 0 Å². The van der Waals surface area contributed by atoms with E-state index in [0.717, 1.165) is 0 Å². The standard InChI is InChI=1S/C16H30N4O6/c1-9(2)13(20-14(23)10(18)6-7-12(21)22)15(24)19-11(16(25)26)5-3-4-8-17/h9-11,13H,3-8,17-18H2,1-2H3,(H,19,24)(H,20,23)(H,21,22)(H,25,26)/t10-,11-,13-/m0/s1. The molecule has 26 heavy (non-hydrogen) atoms. The smallest absolute Gasteiger partial charge is 0.326 e. The van der Waals surface area contributed by atoms with Gasteiger partial charge in [-0.1, -0.05) is 13.8 Å². The lowest BCUT2D eigenvalue weighted by Crippen LogP contribution is -2.56. The molecule has 0 spiro atoms. The highest BCUT2D eigenvalue weighted by Gasteiger charge is 2.29. The molecule has 0 saturated heterocycles. The summed E-state index contributed by atoms with van der Waals surface area (Å²) in [7, 11) is 0. The van der Waals surface area contributed by atoms with E-state index in [1.54, 1.807) is 13.8 Å². The molecule has 0 heterocycles. The Bertz CT molecular complexity index is 497. The second-order valence-electron chi connectivity index (χ2n) is 6.45. The number of carbonyl (C=O) groups excluding carboxylic acids is 2. The van der Waals surface area contributed by atoms with Crippen molar-refractivity contribution in [1.82, 2.24) is 10.6 Å². The number of nitrogens with two attached hydrogens (primary N) is 2. The van der Waals surface area contributed by atoms with E-state index in [4.69, 9.17) is 16.6 Å². The van der Waals surface area contributed by atoms with E-state index in [9.17, 15) is 24.3 Å². The summed E-state index contributed by atoms with van der Waals surface area (Å²) in [4.78, 5) is 46.3. The van der Waals surface area contributed by atoms with Crippen molar-refractivity contribution in [2.75, 3.05) is 6.54 Å². The largest absolute Gasteiger partial charge is 0.481 e. The summed E-state index contributed by atoms with van der Waals surface area (Å²) in [6.07, 6.45) is 1.09. The first-order valence-corrected chi connectivity index (χ1v) is 8.61. The number of carbonyl (C=O) groups is 4. The fourth-order valence-corrected chi connectivity index (χ4v) is 2.22. The molecule has 3 atom stereocenters. The number of unbranched alkanes of at least 4 members (excludes halogenated alkanes) is 1. The molecule has 0 rings (SSSR count). The Hall–Kier alpha value is -2.20. The molecule has 0 saturated carbocycles. The van der Waals surface area contributed by atoms with Gasteiger partial charge in [0.05, 0.1) is 6.04 Å². The van der Waals surface area contributed by atoms with Gasteiger partial charge in [0, 0.05) is 6.42 Å². The van der Waals surface area contributed by atoms with Crippen LogP contribution in [0.25, 0.3) is 0 Å². The Morgan fingerprint density at radius 2 is 1.58 bits per heavy atom. The van der Waals surface area contributed by atoms with Crippen LogP contribution in [0.5, 0.6) is 0 Å². The highest BCUT2D eigenvalue weighted by molar-refractivity contribution is 5.92. The van der Waals surface area contributed by atoms with Crippen LogP contribution >= 0.6 is 0 Å². The Labute approximate surface area is 152 Å². The molecule has 0 bridgehead atoms. The molecule has 0 fully saturated rings. The summed E-state index contributed by atoms with van der Waals surface area (Å²) in [5.41, 5.74) is 11.0. The molecular weight excluding hydrogens is 344 g/mol. The summed E-state index contributed by atoms with van der Waals surface area (Å²) in [5.74, 6) is -3.84. The van der Waals surface area contributed by atoms with Gasteiger partial charge in [-0.05, 0) is 38.1 Å². The first-order chi connectivity index (χ1) is 12.1. The number of hydrogen-bond donors (Lipinski definition) is 6. The van der Waals surface area contributed by atoms with Crippen LogP contribution < -0.4 is 22.1 Å². The second-order valence-corrected chi connectivity index (χ2v) is 6.45. The molecule has 0 aromatic carbocycles. The van der Waals surface area contributed by atoms with Crippen molar-refractivity contribution in [2.45, 2.75) is 64.1 Å².